The standard InChI is InChI=1S/C22H23F9N6O/c1-4-17(38)18-13(7-16(9-34-18)22(29,30)31)11-37(19(32)35-36(3)33-2)10-12-5-14(20(23,24)25)8-15(6-12)21(26,27)28/h5-9,17,38H,2,4,10-11H2,1,3H3,(H2,32,35). The Morgan fingerprint density at radius 1 is 0.947 bits per heavy atom. The molecule has 16 heteroatoms. The zero-order valence-corrected chi connectivity index (χ0v) is 20.0. The molecule has 2 rings (SSSR count). The molecule has 1 heterocycles. The number of guanidine groups is 1. The van der Waals surface area contributed by atoms with Crippen LogP contribution in [0.25, 0.3) is 0 Å². The van der Waals surface area contributed by atoms with Crippen molar-refractivity contribution in [3.05, 3.63) is 64.0 Å². The molecule has 0 saturated heterocycles. The Hall–Kier alpha value is -3.56. The number of aromatic nitrogens is 1. The highest BCUT2D eigenvalue weighted by Crippen LogP contribution is 2.37. The highest BCUT2D eigenvalue weighted by Gasteiger charge is 2.37. The summed E-state index contributed by atoms with van der Waals surface area (Å²) in [6.07, 6.45) is -15.9. The van der Waals surface area contributed by atoms with Gasteiger partial charge in [0.05, 0.1) is 28.5 Å². The lowest BCUT2D eigenvalue weighted by Crippen LogP contribution is -2.38. The number of hydrogen-bond donors (Lipinski definition) is 2. The lowest BCUT2D eigenvalue weighted by Gasteiger charge is -2.27. The summed E-state index contributed by atoms with van der Waals surface area (Å²) in [5.74, 6) is -0.528. The molecule has 0 radical (unpaired) electrons. The average molecular weight is 558 g/mol. The maximum atomic E-state index is 13.4. The van der Waals surface area contributed by atoms with Crippen molar-refractivity contribution in [2.24, 2.45) is 15.9 Å². The second-order valence-corrected chi connectivity index (χ2v) is 8.05. The van der Waals surface area contributed by atoms with E-state index in [1.54, 1.807) is 0 Å². The first-order valence-electron chi connectivity index (χ1n) is 10.7. The van der Waals surface area contributed by atoms with Gasteiger partial charge < -0.3 is 15.7 Å². The molecule has 38 heavy (non-hydrogen) atoms. The summed E-state index contributed by atoms with van der Waals surface area (Å²) >= 11 is 0. The molecular formula is C22H23F9N6O. The van der Waals surface area contributed by atoms with Crippen LogP contribution in [0.2, 0.25) is 0 Å². The van der Waals surface area contributed by atoms with E-state index in [-0.39, 0.29) is 23.7 Å². The number of aliphatic hydroxyl groups is 1. The van der Waals surface area contributed by atoms with Gasteiger partial charge in [0, 0.05) is 33.1 Å². The lowest BCUT2D eigenvalue weighted by molar-refractivity contribution is -0.143. The minimum Gasteiger partial charge on any atom is -0.387 e. The minimum absolute atomic E-state index is 0.0423. The van der Waals surface area contributed by atoms with Gasteiger partial charge in [-0.3, -0.25) is 4.98 Å². The first kappa shape index (κ1) is 30.7. The molecule has 1 aromatic heterocycles. The molecule has 210 valence electrons. The van der Waals surface area contributed by atoms with E-state index in [0.717, 1.165) is 10.0 Å². The van der Waals surface area contributed by atoms with Crippen molar-refractivity contribution in [2.75, 3.05) is 7.05 Å². The number of halogens is 9. The van der Waals surface area contributed by atoms with Gasteiger partial charge in [-0.1, -0.05) is 6.92 Å². The molecule has 7 nitrogen and oxygen atoms in total. The number of pyridine rings is 1. The van der Waals surface area contributed by atoms with Crippen LogP contribution in [0.3, 0.4) is 0 Å². The van der Waals surface area contributed by atoms with E-state index in [2.05, 4.69) is 21.9 Å². The van der Waals surface area contributed by atoms with Gasteiger partial charge in [-0.25, -0.2) is 0 Å². The number of rotatable bonds is 8. The topological polar surface area (TPSA) is 90.3 Å². The van der Waals surface area contributed by atoms with Gasteiger partial charge in [-0.05, 0) is 41.8 Å². The molecule has 0 amide bonds. The molecule has 1 unspecified atom stereocenters. The molecule has 1 aromatic carbocycles. The molecule has 0 fully saturated rings. The smallest absolute Gasteiger partial charge is 0.387 e. The normalized spacial score (nSPS) is 13.8. The van der Waals surface area contributed by atoms with E-state index < -0.39 is 65.9 Å². The van der Waals surface area contributed by atoms with Gasteiger partial charge in [0.15, 0.2) is 0 Å². The molecule has 0 saturated carbocycles. The van der Waals surface area contributed by atoms with Crippen LogP contribution in [-0.2, 0) is 31.6 Å². The highest BCUT2D eigenvalue weighted by molar-refractivity contribution is 5.78. The predicted molar refractivity (Wildman–Crippen MR) is 119 cm³/mol. The van der Waals surface area contributed by atoms with Crippen molar-refractivity contribution >= 4 is 12.7 Å². The summed E-state index contributed by atoms with van der Waals surface area (Å²) < 4.78 is 120. The molecular weight excluding hydrogens is 535 g/mol. The van der Waals surface area contributed by atoms with E-state index >= 15 is 0 Å². The Balaban J connectivity index is 2.68. The summed E-state index contributed by atoms with van der Waals surface area (Å²) in [6, 6.07) is 1.51. The number of hydrazone groups is 2. The van der Waals surface area contributed by atoms with Crippen molar-refractivity contribution in [1.82, 2.24) is 15.0 Å². The maximum Gasteiger partial charge on any atom is 0.417 e. The van der Waals surface area contributed by atoms with Crippen LogP contribution in [0.4, 0.5) is 39.5 Å². The lowest BCUT2D eigenvalue weighted by atomic mass is 10.0. The molecule has 0 bridgehead atoms. The SMILES string of the molecule is C=NN(C)/N=C(\N)N(Cc1cc(C(F)(F)F)cc(C(F)(F)F)c1)Cc1cc(C(F)(F)F)cnc1C(O)CC. The fraction of sp³-hybridized carbons (Fsp3) is 0.409. The van der Waals surface area contributed by atoms with Crippen LogP contribution >= 0.6 is 0 Å². The summed E-state index contributed by atoms with van der Waals surface area (Å²) in [5.41, 5.74) is 0.602. The van der Waals surface area contributed by atoms with Crippen molar-refractivity contribution in [3.63, 3.8) is 0 Å². The molecule has 3 N–H and O–H groups in total. The van der Waals surface area contributed by atoms with Crippen LogP contribution in [-0.4, -0.2) is 39.8 Å². The number of nitrogens with two attached hydrogens (primary N) is 1. The third-order valence-electron chi connectivity index (χ3n) is 5.19. The van der Waals surface area contributed by atoms with Gasteiger partial charge in [-0.2, -0.15) is 49.7 Å². The number of hydrogen-bond acceptors (Lipinski definition) is 5. The summed E-state index contributed by atoms with van der Waals surface area (Å²) in [7, 11) is 1.25. The van der Waals surface area contributed by atoms with Gasteiger partial charge in [0.1, 0.15) is 0 Å². The third-order valence-corrected chi connectivity index (χ3v) is 5.19. The number of aliphatic hydroxyl groups excluding tert-OH is 1. The fourth-order valence-electron chi connectivity index (χ4n) is 3.29. The van der Waals surface area contributed by atoms with Crippen molar-refractivity contribution < 1.29 is 44.6 Å². The largest absolute Gasteiger partial charge is 0.417 e. The van der Waals surface area contributed by atoms with E-state index in [9.17, 15) is 44.6 Å². The Morgan fingerprint density at radius 3 is 1.92 bits per heavy atom. The molecule has 1 atom stereocenters. The molecule has 0 aliphatic carbocycles. The second kappa shape index (κ2) is 11.4. The minimum atomic E-state index is -5.13. The zero-order valence-electron chi connectivity index (χ0n) is 20.0. The van der Waals surface area contributed by atoms with E-state index in [4.69, 9.17) is 5.73 Å². The van der Waals surface area contributed by atoms with Crippen molar-refractivity contribution in [1.29, 1.82) is 0 Å². The first-order valence-corrected chi connectivity index (χ1v) is 10.7. The van der Waals surface area contributed by atoms with Crippen molar-refractivity contribution in [3.8, 4) is 0 Å². The number of alkyl halides is 9. The van der Waals surface area contributed by atoms with E-state index in [0.29, 0.717) is 24.4 Å². The quantitative estimate of drug-likeness (QED) is 0.197. The number of nitrogens with zero attached hydrogens (tertiary/aromatic N) is 5. The van der Waals surface area contributed by atoms with Gasteiger partial charge in [0.25, 0.3) is 0 Å². The van der Waals surface area contributed by atoms with Crippen LogP contribution in [0, 0.1) is 0 Å². The van der Waals surface area contributed by atoms with Gasteiger partial charge >= 0.3 is 18.5 Å². The Morgan fingerprint density at radius 2 is 1.47 bits per heavy atom. The molecule has 2 aromatic rings. The zero-order chi connectivity index (χ0) is 29.1. The van der Waals surface area contributed by atoms with Crippen molar-refractivity contribution in [2.45, 2.75) is 51.1 Å². The number of benzene rings is 1. The Kier molecular flexibility index (Phi) is 9.24. The highest BCUT2D eigenvalue weighted by atomic mass is 19.4. The molecule has 0 aliphatic rings. The van der Waals surface area contributed by atoms with E-state index in [1.165, 1.54) is 14.0 Å². The summed E-state index contributed by atoms with van der Waals surface area (Å²) in [5, 5.41) is 18.3. The molecule has 0 spiro atoms. The predicted octanol–water partition coefficient (Wildman–Crippen LogP) is 5.36. The fourth-order valence-corrected chi connectivity index (χ4v) is 3.29. The molecule has 0 aliphatic heterocycles. The van der Waals surface area contributed by atoms with Gasteiger partial charge in [-0.15, -0.1) is 5.10 Å². The second-order valence-electron chi connectivity index (χ2n) is 8.05. The summed E-state index contributed by atoms with van der Waals surface area (Å²) in [4.78, 5) is 4.61. The monoisotopic (exact) mass is 558 g/mol. The maximum absolute atomic E-state index is 13.4. The van der Waals surface area contributed by atoms with Crippen LogP contribution in [0.15, 0.2) is 40.7 Å². The Bertz CT molecular complexity index is 1130. The van der Waals surface area contributed by atoms with Crippen LogP contribution in [0.1, 0.15) is 53.0 Å². The average Bonchev–Trinajstić information content (AvgIpc) is 2.81. The Labute approximate surface area is 211 Å². The van der Waals surface area contributed by atoms with Crippen LogP contribution in [0.5, 0.6) is 0 Å². The van der Waals surface area contributed by atoms with Gasteiger partial charge in [0.2, 0.25) is 5.96 Å². The summed E-state index contributed by atoms with van der Waals surface area (Å²) in [6.45, 7) is 3.33. The first-order chi connectivity index (χ1) is 17.4. The van der Waals surface area contributed by atoms with E-state index in [1.807, 2.05) is 0 Å². The van der Waals surface area contributed by atoms with Crippen LogP contribution < -0.4 is 5.73 Å². The third kappa shape index (κ3) is 7.97.